The standard InChI is InChI=1S/C28H36N4O5/c33-27(34)14-29-37-17-25-28(35)32(26-8-4-3-7-24(26)30-25)21-12-22-15-36-16-23(13-21)31(22)20-10-18-5-1-2-6-19(9-18)11-20/h3-4,7-8,14,18-23H,1-2,5-6,9-13,15-17H2,(H,33,34)/b29-14+/t18?,19?,20?,21-,22-,23+. The van der Waals surface area contributed by atoms with Crippen molar-refractivity contribution in [1.29, 1.82) is 0 Å². The molecule has 0 radical (unpaired) electrons. The number of ether oxygens (including phenoxy) is 1. The maximum Gasteiger partial charge on any atom is 0.350 e. The molecule has 2 saturated carbocycles. The third kappa shape index (κ3) is 5.03. The van der Waals surface area contributed by atoms with E-state index >= 15 is 0 Å². The number of carboxylic acids is 1. The first-order chi connectivity index (χ1) is 18.1. The van der Waals surface area contributed by atoms with Crippen molar-refractivity contribution >= 4 is 23.2 Å². The average molecular weight is 509 g/mol. The summed E-state index contributed by atoms with van der Waals surface area (Å²) in [6, 6.07) is 9.00. The highest BCUT2D eigenvalue weighted by atomic mass is 16.6. The molecule has 4 aliphatic rings. The predicted octanol–water partition coefficient (Wildman–Crippen LogP) is 3.75. The number of nitrogens with zero attached hydrogens (tertiary/aromatic N) is 4. The van der Waals surface area contributed by atoms with Crippen LogP contribution in [0.25, 0.3) is 11.0 Å². The van der Waals surface area contributed by atoms with Crippen molar-refractivity contribution in [3.8, 4) is 0 Å². The van der Waals surface area contributed by atoms with Gasteiger partial charge in [0.15, 0.2) is 12.8 Å². The molecule has 2 aliphatic carbocycles. The van der Waals surface area contributed by atoms with Crippen LogP contribution < -0.4 is 5.56 Å². The molecule has 2 saturated heterocycles. The van der Waals surface area contributed by atoms with Gasteiger partial charge >= 0.3 is 5.97 Å². The number of carboxylic acid groups (broad SMARTS) is 1. The molecule has 6 rings (SSSR count). The summed E-state index contributed by atoms with van der Waals surface area (Å²) in [4.78, 5) is 36.8. The summed E-state index contributed by atoms with van der Waals surface area (Å²) >= 11 is 0. The van der Waals surface area contributed by atoms with Crippen LogP contribution in [0.4, 0.5) is 0 Å². The van der Waals surface area contributed by atoms with Crippen LogP contribution in [0.3, 0.4) is 0 Å². The highest BCUT2D eigenvalue weighted by Crippen LogP contribution is 2.44. The summed E-state index contributed by atoms with van der Waals surface area (Å²) in [7, 11) is 0. The van der Waals surface area contributed by atoms with Gasteiger partial charge in [-0.25, -0.2) is 9.78 Å². The summed E-state index contributed by atoms with van der Waals surface area (Å²) in [5, 5.41) is 12.2. The molecule has 2 aromatic rings. The van der Waals surface area contributed by atoms with Gasteiger partial charge in [0.05, 0.1) is 24.2 Å². The number of para-hydroxylation sites is 2. The molecule has 9 heteroatoms. The molecule has 1 N–H and O–H groups in total. The number of benzene rings is 1. The van der Waals surface area contributed by atoms with Crippen LogP contribution in [0.2, 0.25) is 0 Å². The molecule has 1 aromatic carbocycles. The third-order valence-corrected chi connectivity index (χ3v) is 8.99. The molecule has 1 aromatic heterocycles. The van der Waals surface area contributed by atoms with Gasteiger partial charge in [0.2, 0.25) is 0 Å². The van der Waals surface area contributed by atoms with E-state index in [-0.39, 0.29) is 23.9 Å². The van der Waals surface area contributed by atoms with Crippen molar-refractivity contribution in [3.63, 3.8) is 0 Å². The van der Waals surface area contributed by atoms with Gasteiger partial charge in [0.1, 0.15) is 5.69 Å². The minimum Gasteiger partial charge on any atom is -0.477 e. The van der Waals surface area contributed by atoms with E-state index in [0.29, 0.717) is 24.3 Å². The highest BCUT2D eigenvalue weighted by Gasteiger charge is 2.45. The fourth-order valence-corrected chi connectivity index (χ4v) is 7.67. The Morgan fingerprint density at radius 2 is 1.73 bits per heavy atom. The topological polar surface area (TPSA) is 106 Å². The molecule has 5 atom stereocenters. The van der Waals surface area contributed by atoms with E-state index in [1.165, 1.54) is 44.9 Å². The Balaban J connectivity index is 1.28. The lowest BCUT2D eigenvalue weighted by molar-refractivity contribution is -0.129. The summed E-state index contributed by atoms with van der Waals surface area (Å²) in [5.41, 5.74) is 1.60. The first-order valence-electron chi connectivity index (χ1n) is 13.8. The SMILES string of the molecule is O=C(O)/C=N/OCc1nc2ccccc2n([C@H]2C[C@H]3COC[C@@H](C2)N3C2CC3CCCCC(C3)C2)c1=O. The van der Waals surface area contributed by atoms with Crippen molar-refractivity contribution in [1.82, 2.24) is 14.5 Å². The normalized spacial score (nSPS) is 32.3. The Morgan fingerprint density at radius 3 is 2.43 bits per heavy atom. The van der Waals surface area contributed by atoms with Crippen molar-refractivity contribution in [3.05, 3.63) is 40.3 Å². The van der Waals surface area contributed by atoms with E-state index in [2.05, 4.69) is 15.0 Å². The van der Waals surface area contributed by atoms with Gasteiger partial charge in [0.25, 0.3) is 5.56 Å². The summed E-state index contributed by atoms with van der Waals surface area (Å²) in [5.74, 6) is 0.522. The number of hydrogen-bond acceptors (Lipinski definition) is 7. The lowest BCUT2D eigenvalue weighted by Crippen LogP contribution is -2.62. The van der Waals surface area contributed by atoms with Crippen LogP contribution in [0.15, 0.2) is 34.2 Å². The number of piperidine rings is 1. The van der Waals surface area contributed by atoms with E-state index in [0.717, 1.165) is 48.9 Å². The Hall–Kier alpha value is -2.78. The summed E-state index contributed by atoms with van der Waals surface area (Å²) < 4.78 is 7.97. The highest BCUT2D eigenvalue weighted by molar-refractivity contribution is 6.21. The maximum atomic E-state index is 13.7. The number of carbonyl (C=O) groups is 1. The van der Waals surface area contributed by atoms with E-state index in [9.17, 15) is 9.59 Å². The van der Waals surface area contributed by atoms with Crippen LogP contribution in [0.5, 0.6) is 0 Å². The monoisotopic (exact) mass is 508 g/mol. The molecule has 2 unspecified atom stereocenters. The van der Waals surface area contributed by atoms with Crippen LogP contribution in [0, 0.1) is 11.8 Å². The average Bonchev–Trinajstić information content (AvgIpc) is 3.05. The minimum absolute atomic E-state index is 0.0442. The van der Waals surface area contributed by atoms with Gasteiger partial charge in [0, 0.05) is 24.2 Å². The van der Waals surface area contributed by atoms with Gasteiger partial charge in [-0.1, -0.05) is 43.0 Å². The Morgan fingerprint density at radius 1 is 1.03 bits per heavy atom. The van der Waals surface area contributed by atoms with E-state index in [1.54, 1.807) is 0 Å². The number of morpholine rings is 1. The van der Waals surface area contributed by atoms with Gasteiger partial charge in [-0.05, 0) is 56.1 Å². The molecule has 37 heavy (non-hydrogen) atoms. The first kappa shape index (κ1) is 24.6. The van der Waals surface area contributed by atoms with Crippen molar-refractivity contribution in [2.75, 3.05) is 13.2 Å². The van der Waals surface area contributed by atoms with Crippen LogP contribution in [0.1, 0.15) is 69.5 Å². The van der Waals surface area contributed by atoms with Gasteiger partial charge in [-0.3, -0.25) is 9.69 Å². The van der Waals surface area contributed by atoms with E-state index in [1.807, 2.05) is 28.8 Å². The zero-order valence-corrected chi connectivity index (χ0v) is 21.2. The number of aliphatic carboxylic acids is 1. The van der Waals surface area contributed by atoms with Crippen molar-refractivity contribution in [2.24, 2.45) is 17.0 Å². The zero-order chi connectivity index (χ0) is 25.4. The number of oxime groups is 1. The second-order valence-electron chi connectivity index (χ2n) is 11.4. The number of hydrogen-bond donors (Lipinski definition) is 1. The molecule has 4 bridgehead atoms. The second-order valence-corrected chi connectivity index (χ2v) is 11.4. The maximum absolute atomic E-state index is 13.7. The molecular weight excluding hydrogens is 472 g/mol. The lowest BCUT2D eigenvalue weighted by Gasteiger charge is -2.54. The van der Waals surface area contributed by atoms with Gasteiger partial charge in [-0.2, -0.15) is 0 Å². The van der Waals surface area contributed by atoms with E-state index in [4.69, 9.17) is 14.7 Å². The number of aromatic nitrogens is 2. The Bertz CT molecular complexity index is 1200. The first-order valence-corrected chi connectivity index (χ1v) is 13.8. The summed E-state index contributed by atoms with van der Waals surface area (Å²) in [6.07, 6.45) is 12.0. The number of fused-ring (bicyclic) bond motifs is 5. The molecule has 0 amide bonds. The van der Waals surface area contributed by atoms with Crippen LogP contribution >= 0.6 is 0 Å². The largest absolute Gasteiger partial charge is 0.477 e. The molecule has 2 aliphatic heterocycles. The Labute approximate surface area is 216 Å². The third-order valence-electron chi connectivity index (χ3n) is 8.99. The molecule has 0 spiro atoms. The predicted molar refractivity (Wildman–Crippen MR) is 139 cm³/mol. The van der Waals surface area contributed by atoms with Crippen LogP contribution in [-0.2, 0) is 21.0 Å². The molecule has 9 nitrogen and oxygen atoms in total. The summed E-state index contributed by atoms with van der Waals surface area (Å²) in [6.45, 7) is 1.26. The fraction of sp³-hybridized carbons (Fsp3) is 0.643. The minimum atomic E-state index is -1.21. The van der Waals surface area contributed by atoms with E-state index < -0.39 is 5.97 Å². The molecule has 4 fully saturated rings. The second kappa shape index (κ2) is 10.5. The molecule has 3 heterocycles. The van der Waals surface area contributed by atoms with Crippen molar-refractivity contribution in [2.45, 2.75) is 88.6 Å². The smallest absolute Gasteiger partial charge is 0.350 e. The van der Waals surface area contributed by atoms with Crippen LogP contribution in [-0.4, -0.2) is 63.1 Å². The zero-order valence-electron chi connectivity index (χ0n) is 21.2. The molecule has 198 valence electrons. The fourth-order valence-electron chi connectivity index (χ4n) is 7.67. The van der Waals surface area contributed by atoms with Gasteiger partial charge in [-0.15, -0.1) is 0 Å². The quantitative estimate of drug-likeness (QED) is 0.468. The van der Waals surface area contributed by atoms with Gasteiger partial charge < -0.3 is 19.2 Å². The lowest BCUT2D eigenvalue weighted by atomic mass is 9.75. The van der Waals surface area contributed by atoms with Crippen molar-refractivity contribution < 1.29 is 19.5 Å². The molecular formula is C28H36N4O5. The number of rotatable bonds is 6. The Kier molecular flexibility index (Phi) is 6.99.